The number of nitrogens with zero attached hydrogens (tertiary/aromatic N) is 3. The molecule has 1 N–H and O–H groups in total. The molecule has 3 aromatic carbocycles. The van der Waals surface area contributed by atoms with Gasteiger partial charge in [0, 0.05) is 25.1 Å². The Morgan fingerprint density at radius 1 is 0.971 bits per heavy atom. The van der Waals surface area contributed by atoms with Gasteiger partial charge in [-0.05, 0) is 67.9 Å². The average molecular weight is 469 g/mol. The van der Waals surface area contributed by atoms with Crippen LogP contribution in [0.15, 0.2) is 78.9 Å². The van der Waals surface area contributed by atoms with Crippen LogP contribution >= 0.6 is 0 Å². The lowest BCUT2D eigenvalue weighted by molar-refractivity contribution is -0.121. The Kier molecular flexibility index (Phi) is 7.09. The summed E-state index contributed by atoms with van der Waals surface area (Å²) in [5.74, 6) is 1.80. The molecule has 180 valence electrons. The zero-order valence-electron chi connectivity index (χ0n) is 20.2. The summed E-state index contributed by atoms with van der Waals surface area (Å²) < 4.78 is 7.48. The number of para-hydroxylation sites is 3. The van der Waals surface area contributed by atoms with Gasteiger partial charge < -0.3 is 10.1 Å². The fraction of sp³-hybridized carbons (Fsp3) is 0.310. The molecule has 4 aromatic rings. The van der Waals surface area contributed by atoms with Gasteiger partial charge >= 0.3 is 0 Å². The molecule has 1 amide bonds. The Morgan fingerprint density at radius 2 is 1.69 bits per heavy atom. The van der Waals surface area contributed by atoms with Gasteiger partial charge in [0.05, 0.1) is 24.2 Å². The number of fused-ring (bicyclic) bond motifs is 1. The van der Waals surface area contributed by atoms with Crippen LogP contribution in [0.25, 0.3) is 16.7 Å². The van der Waals surface area contributed by atoms with Gasteiger partial charge in [0.25, 0.3) is 0 Å². The predicted molar refractivity (Wildman–Crippen MR) is 139 cm³/mol. The van der Waals surface area contributed by atoms with Crippen LogP contribution in [0.2, 0.25) is 0 Å². The van der Waals surface area contributed by atoms with Crippen molar-refractivity contribution >= 4 is 16.9 Å². The number of carbonyl (C=O) groups excluding carboxylic acids is 1. The van der Waals surface area contributed by atoms with E-state index in [9.17, 15) is 4.79 Å². The third kappa shape index (κ3) is 5.23. The summed E-state index contributed by atoms with van der Waals surface area (Å²) in [5, 5.41) is 3.20. The highest BCUT2D eigenvalue weighted by atomic mass is 16.5. The first-order valence-electron chi connectivity index (χ1n) is 12.4. The summed E-state index contributed by atoms with van der Waals surface area (Å²) >= 11 is 0. The molecule has 1 fully saturated rings. The number of carbonyl (C=O) groups is 1. The van der Waals surface area contributed by atoms with Crippen LogP contribution in [0, 0.1) is 0 Å². The van der Waals surface area contributed by atoms with Gasteiger partial charge in [0.1, 0.15) is 11.6 Å². The molecule has 1 atom stereocenters. The molecule has 0 saturated carbocycles. The second kappa shape index (κ2) is 10.7. The van der Waals surface area contributed by atoms with Crippen molar-refractivity contribution in [3.63, 3.8) is 0 Å². The molecule has 5 rings (SSSR count). The number of nitrogens with one attached hydrogen (secondary N) is 1. The Bertz CT molecular complexity index is 1260. The van der Waals surface area contributed by atoms with Crippen LogP contribution < -0.4 is 10.1 Å². The zero-order chi connectivity index (χ0) is 24.0. The first-order valence-corrected chi connectivity index (χ1v) is 12.4. The number of rotatable bonds is 9. The van der Waals surface area contributed by atoms with Gasteiger partial charge in [-0.15, -0.1) is 0 Å². The maximum Gasteiger partial charge on any atom is 0.220 e. The second-order valence-corrected chi connectivity index (χ2v) is 9.02. The molecular weight excluding hydrogens is 436 g/mol. The first-order chi connectivity index (χ1) is 17.2. The lowest BCUT2D eigenvalue weighted by Gasteiger charge is -2.28. The number of aromatic nitrogens is 2. The largest absolute Gasteiger partial charge is 0.497 e. The molecule has 6 nitrogen and oxygen atoms in total. The van der Waals surface area contributed by atoms with Gasteiger partial charge in [-0.1, -0.05) is 42.5 Å². The maximum absolute atomic E-state index is 12.9. The molecule has 0 aliphatic carbocycles. The minimum absolute atomic E-state index is 0.0503. The number of likely N-dealkylation sites (tertiary alicyclic amines) is 1. The van der Waals surface area contributed by atoms with Crippen molar-refractivity contribution in [1.29, 1.82) is 0 Å². The molecule has 0 bridgehead atoms. The SMILES string of the molecule is COc1ccc(C(CNC(=O)CCc2nc3ccccc3n2-c2ccccc2)N2CCCC2)cc1. The maximum atomic E-state index is 12.9. The van der Waals surface area contributed by atoms with Gasteiger partial charge in [-0.2, -0.15) is 0 Å². The van der Waals surface area contributed by atoms with E-state index in [-0.39, 0.29) is 11.9 Å². The fourth-order valence-electron chi connectivity index (χ4n) is 4.97. The molecule has 0 radical (unpaired) electrons. The van der Waals surface area contributed by atoms with Crippen molar-refractivity contribution in [2.75, 3.05) is 26.7 Å². The third-order valence-electron chi connectivity index (χ3n) is 6.79. The van der Waals surface area contributed by atoms with Crippen LogP contribution in [-0.4, -0.2) is 47.1 Å². The highest BCUT2D eigenvalue weighted by Crippen LogP contribution is 2.26. The van der Waals surface area contributed by atoms with Crippen LogP contribution in [0.1, 0.15) is 36.7 Å². The summed E-state index contributed by atoms with van der Waals surface area (Å²) in [7, 11) is 1.68. The van der Waals surface area contributed by atoms with Crippen molar-refractivity contribution in [2.45, 2.75) is 31.7 Å². The summed E-state index contributed by atoms with van der Waals surface area (Å²) in [6.45, 7) is 2.72. The highest BCUT2D eigenvalue weighted by Gasteiger charge is 2.24. The lowest BCUT2D eigenvalue weighted by atomic mass is 10.0. The number of aryl methyl sites for hydroxylation is 1. The normalized spacial score (nSPS) is 14.8. The van der Waals surface area contributed by atoms with E-state index in [1.807, 2.05) is 48.5 Å². The molecule has 2 heterocycles. The minimum Gasteiger partial charge on any atom is -0.497 e. The molecule has 0 spiro atoms. The van der Waals surface area contributed by atoms with Crippen molar-refractivity contribution in [3.05, 3.63) is 90.3 Å². The Balaban J connectivity index is 1.28. The number of ether oxygens (including phenoxy) is 1. The molecule has 1 saturated heterocycles. The van der Waals surface area contributed by atoms with Gasteiger partial charge in [-0.25, -0.2) is 4.98 Å². The van der Waals surface area contributed by atoms with Crippen LogP contribution in [-0.2, 0) is 11.2 Å². The van der Waals surface area contributed by atoms with Gasteiger partial charge in [0.15, 0.2) is 0 Å². The van der Waals surface area contributed by atoms with Crippen molar-refractivity contribution in [3.8, 4) is 11.4 Å². The smallest absolute Gasteiger partial charge is 0.220 e. The van der Waals surface area contributed by atoms with Crippen molar-refractivity contribution < 1.29 is 9.53 Å². The second-order valence-electron chi connectivity index (χ2n) is 9.02. The standard InChI is InChI=1S/C29H32N4O2/c1-35-24-15-13-22(14-16-24)27(32-19-7-8-20-32)21-30-29(34)18-17-28-31-25-11-5-6-12-26(25)33(28)23-9-3-2-4-10-23/h2-6,9-16,27H,7-8,17-21H2,1H3,(H,30,34). The molecule has 6 heteroatoms. The topological polar surface area (TPSA) is 59.4 Å². The molecular formula is C29H32N4O2. The lowest BCUT2D eigenvalue weighted by Crippen LogP contribution is -2.36. The van der Waals surface area contributed by atoms with E-state index in [0.717, 1.165) is 41.4 Å². The quantitative estimate of drug-likeness (QED) is 0.379. The molecule has 1 aromatic heterocycles. The minimum atomic E-state index is 0.0503. The monoisotopic (exact) mass is 468 g/mol. The molecule has 1 aliphatic heterocycles. The van der Waals surface area contributed by atoms with E-state index in [1.54, 1.807) is 7.11 Å². The Labute approximate surface area is 206 Å². The number of benzene rings is 3. The Hall–Kier alpha value is -3.64. The summed E-state index contributed by atoms with van der Waals surface area (Å²) in [6, 6.07) is 26.7. The fourth-order valence-corrected chi connectivity index (χ4v) is 4.97. The van der Waals surface area contributed by atoms with Crippen molar-refractivity contribution in [2.24, 2.45) is 0 Å². The highest BCUT2D eigenvalue weighted by molar-refractivity contribution is 5.79. The first kappa shape index (κ1) is 23.1. The van der Waals surface area contributed by atoms with Crippen LogP contribution in [0.3, 0.4) is 0 Å². The van der Waals surface area contributed by atoms with E-state index in [2.05, 4.69) is 45.1 Å². The summed E-state index contributed by atoms with van der Waals surface area (Å²) in [6.07, 6.45) is 3.38. The number of hydrogen-bond acceptors (Lipinski definition) is 4. The van der Waals surface area contributed by atoms with E-state index in [1.165, 1.54) is 18.4 Å². The molecule has 35 heavy (non-hydrogen) atoms. The van der Waals surface area contributed by atoms with Crippen LogP contribution in [0.4, 0.5) is 0 Å². The molecule has 1 aliphatic rings. The number of amides is 1. The Morgan fingerprint density at radius 3 is 2.43 bits per heavy atom. The van der Waals surface area contributed by atoms with E-state index in [0.29, 0.717) is 19.4 Å². The zero-order valence-corrected chi connectivity index (χ0v) is 20.2. The number of methoxy groups -OCH3 is 1. The average Bonchev–Trinajstić information content (AvgIpc) is 3.57. The van der Waals surface area contributed by atoms with Gasteiger partial charge in [0.2, 0.25) is 5.91 Å². The summed E-state index contributed by atoms with van der Waals surface area (Å²) in [4.78, 5) is 20.3. The number of hydrogen-bond donors (Lipinski definition) is 1. The summed E-state index contributed by atoms with van der Waals surface area (Å²) in [5.41, 5.74) is 4.27. The van der Waals surface area contributed by atoms with Gasteiger partial charge in [-0.3, -0.25) is 14.3 Å². The number of imidazole rings is 1. The van der Waals surface area contributed by atoms with Crippen LogP contribution in [0.5, 0.6) is 5.75 Å². The predicted octanol–water partition coefficient (Wildman–Crippen LogP) is 4.92. The van der Waals surface area contributed by atoms with E-state index in [4.69, 9.17) is 9.72 Å². The van der Waals surface area contributed by atoms with E-state index >= 15 is 0 Å². The van der Waals surface area contributed by atoms with E-state index < -0.39 is 0 Å². The third-order valence-corrected chi connectivity index (χ3v) is 6.79. The molecule has 1 unspecified atom stereocenters. The van der Waals surface area contributed by atoms with Crippen molar-refractivity contribution in [1.82, 2.24) is 19.8 Å².